The van der Waals surface area contributed by atoms with E-state index in [9.17, 15) is 4.79 Å². The molecular formula is C12H17ClN4O. The number of nitrogens with zero attached hydrogens (tertiary/aromatic N) is 2. The number of nitrogens with one attached hydrogen (secondary N) is 1. The van der Waals surface area contributed by atoms with Crippen LogP contribution in [0.25, 0.3) is 0 Å². The average Bonchev–Trinajstić information content (AvgIpc) is 2.32. The molecule has 0 saturated carbocycles. The zero-order valence-corrected chi connectivity index (χ0v) is 11.1. The summed E-state index contributed by atoms with van der Waals surface area (Å²) in [5, 5.41) is 2.44. The molecule has 1 saturated heterocycles. The highest BCUT2D eigenvalue weighted by Gasteiger charge is 2.17. The van der Waals surface area contributed by atoms with Gasteiger partial charge >= 0.3 is 0 Å². The van der Waals surface area contributed by atoms with E-state index >= 15 is 0 Å². The number of hydrazine groups is 1. The van der Waals surface area contributed by atoms with Gasteiger partial charge in [0.05, 0.1) is 5.56 Å². The van der Waals surface area contributed by atoms with Crippen LogP contribution in [-0.4, -0.2) is 49.0 Å². The van der Waals surface area contributed by atoms with Gasteiger partial charge in [0.2, 0.25) is 0 Å². The van der Waals surface area contributed by atoms with E-state index in [0.29, 0.717) is 16.3 Å². The molecule has 3 N–H and O–H groups in total. The van der Waals surface area contributed by atoms with Crippen molar-refractivity contribution in [1.29, 1.82) is 0 Å². The van der Waals surface area contributed by atoms with Gasteiger partial charge in [-0.25, -0.2) is 5.01 Å². The van der Waals surface area contributed by atoms with Gasteiger partial charge in [-0.3, -0.25) is 10.2 Å². The van der Waals surface area contributed by atoms with Crippen LogP contribution < -0.4 is 11.2 Å². The third kappa shape index (κ3) is 3.13. The van der Waals surface area contributed by atoms with Gasteiger partial charge in [-0.1, -0.05) is 11.6 Å². The number of amides is 1. The van der Waals surface area contributed by atoms with Crippen LogP contribution in [0, 0.1) is 0 Å². The maximum Gasteiger partial charge on any atom is 0.267 e. The van der Waals surface area contributed by atoms with Crippen molar-refractivity contribution in [3.8, 4) is 0 Å². The van der Waals surface area contributed by atoms with Gasteiger partial charge < -0.3 is 10.6 Å². The summed E-state index contributed by atoms with van der Waals surface area (Å²) < 4.78 is 0. The van der Waals surface area contributed by atoms with E-state index in [1.54, 1.807) is 18.2 Å². The van der Waals surface area contributed by atoms with Crippen LogP contribution in [0.3, 0.4) is 0 Å². The predicted octanol–water partition coefficient (Wildman–Crippen LogP) is 0.814. The fourth-order valence-corrected chi connectivity index (χ4v) is 2.04. The van der Waals surface area contributed by atoms with Crippen molar-refractivity contribution in [3.05, 3.63) is 28.8 Å². The molecule has 1 heterocycles. The van der Waals surface area contributed by atoms with Gasteiger partial charge in [0.15, 0.2) is 0 Å². The van der Waals surface area contributed by atoms with Crippen molar-refractivity contribution >= 4 is 23.2 Å². The number of benzene rings is 1. The Kier molecular flexibility index (Phi) is 4.06. The summed E-state index contributed by atoms with van der Waals surface area (Å²) >= 11 is 5.80. The molecule has 1 aromatic rings. The van der Waals surface area contributed by atoms with E-state index in [2.05, 4.69) is 17.4 Å². The summed E-state index contributed by atoms with van der Waals surface area (Å²) in [4.78, 5) is 14.3. The smallest absolute Gasteiger partial charge is 0.267 e. The Bertz CT molecular complexity index is 444. The van der Waals surface area contributed by atoms with E-state index < -0.39 is 0 Å². The maximum atomic E-state index is 12.0. The molecule has 0 unspecified atom stereocenters. The molecule has 2 rings (SSSR count). The predicted molar refractivity (Wildman–Crippen MR) is 72.4 cm³/mol. The molecule has 1 amide bonds. The number of anilines is 1. The summed E-state index contributed by atoms with van der Waals surface area (Å²) in [6.07, 6.45) is 0. The highest BCUT2D eigenvalue weighted by molar-refractivity contribution is 6.31. The molecule has 5 nitrogen and oxygen atoms in total. The second-order valence-electron chi connectivity index (χ2n) is 4.46. The highest BCUT2D eigenvalue weighted by atomic mass is 35.5. The van der Waals surface area contributed by atoms with Crippen LogP contribution >= 0.6 is 11.6 Å². The fourth-order valence-electron chi connectivity index (χ4n) is 1.86. The summed E-state index contributed by atoms with van der Waals surface area (Å²) in [7, 11) is 2.07. The minimum absolute atomic E-state index is 0.186. The van der Waals surface area contributed by atoms with E-state index in [1.807, 2.05) is 5.01 Å². The minimum atomic E-state index is -0.186. The molecule has 6 heteroatoms. The lowest BCUT2D eigenvalue weighted by molar-refractivity contribution is 0.0663. The average molecular weight is 269 g/mol. The van der Waals surface area contributed by atoms with Gasteiger partial charge in [0.25, 0.3) is 5.91 Å². The Morgan fingerprint density at radius 2 is 2.00 bits per heavy atom. The Morgan fingerprint density at radius 1 is 1.33 bits per heavy atom. The number of piperazine rings is 1. The van der Waals surface area contributed by atoms with E-state index in [0.717, 1.165) is 26.2 Å². The van der Waals surface area contributed by atoms with Crippen LogP contribution in [0.4, 0.5) is 5.69 Å². The van der Waals surface area contributed by atoms with E-state index in [-0.39, 0.29) is 5.91 Å². The Hall–Kier alpha value is -1.30. The number of rotatable bonds is 2. The standard InChI is InChI=1S/C12H17ClN4O/c1-16-4-6-17(7-5-16)15-12(18)10-3-2-9(13)8-11(10)14/h2-3,8H,4-7,14H2,1H3,(H,15,18). The molecule has 1 aromatic carbocycles. The summed E-state index contributed by atoms with van der Waals surface area (Å²) in [5.74, 6) is -0.186. The normalized spacial score (nSPS) is 17.7. The summed E-state index contributed by atoms with van der Waals surface area (Å²) in [6, 6.07) is 4.89. The number of nitrogens with two attached hydrogens (primary N) is 1. The molecule has 18 heavy (non-hydrogen) atoms. The molecule has 0 aliphatic carbocycles. The number of hydrogen-bond acceptors (Lipinski definition) is 4. The van der Waals surface area contributed by atoms with Crippen molar-refractivity contribution in [2.24, 2.45) is 0 Å². The molecule has 0 spiro atoms. The number of carbonyl (C=O) groups excluding carboxylic acids is 1. The van der Waals surface area contributed by atoms with Gasteiger partial charge in [0, 0.05) is 36.9 Å². The topological polar surface area (TPSA) is 61.6 Å². The zero-order chi connectivity index (χ0) is 13.1. The molecule has 0 aromatic heterocycles. The molecule has 0 atom stereocenters. The molecule has 1 aliphatic rings. The number of nitrogen functional groups attached to an aromatic ring is 1. The molecule has 1 fully saturated rings. The number of likely N-dealkylation sites (N-methyl/N-ethyl adjacent to an activating group) is 1. The quantitative estimate of drug-likeness (QED) is 0.780. The Balaban J connectivity index is 1.99. The van der Waals surface area contributed by atoms with Crippen LogP contribution in [0.1, 0.15) is 10.4 Å². The lowest BCUT2D eigenvalue weighted by Crippen LogP contribution is -2.52. The largest absolute Gasteiger partial charge is 0.398 e. The van der Waals surface area contributed by atoms with Crippen molar-refractivity contribution in [2.75, 3.05) is 39.0 Å². The number of carbonyl (C=O) groups is 1. The first-order valence-electron chi connectivity index (χ1n) is 5.86. The van der Waals surface area contributed by atoms with Crippen molar-refractivity contribution in [1.82, 2.24) is 15.3 Å². The first-order chi connectivity index (χ1) is 8.56. The fraction of sp³-hybridized carbons (Fsp3) is 0.417. The Morgan fingerprint density at radius 3 is 2.61 bits per heavy atom. The number of hydrogen-bond donors (Lipinski definition) is 2. The van der Waals surface area contributed by atoms with Gasteiger partial charge in [-0.15, -0.1) is 0 Å². The van der Waals surface area contributed by atoms with Crippen molar-refractivity contribution in [2.45, 2.75) is 0 Å². The van der Waals surface area contributed by atoms with Gasteiger partial charge in [-0.05, 0) is 25.2 Å². The molecule has 98 valence electrons. The number of halogens is 1. The van der Waals surface area contributed by atoms with Crippen LogP contribution in [-0.2, 0) is 0 Å². The van der Waals surface area contributed by atoms with E-state index in [4.69, 9.17) is 17.3 Å². The summed E-state index contributed by atoms with van der Waals surface area (Å²) in [6.45, 7) is 3.51. The summed E-state index contributed by atoms with van der Waals surface area (Å²) in [5.41, 5.74) is 9.49. The van der Waals surface area contributed by atoms with Gasteiger partial charge in [-0.2, -0.15) is 0 Å². The third-order valence-electron chi connectivity index (χ3n) is 3.02. The molecule has 0 radical (unpaired) electrons. The van der Waals surface area contributed by atoms with Crippen molar-refractivity contribution < 1.29 is 4.79 Å². The van der Waals surface area contributed by atoms with Crippen LogP contribution in [0.5, 0.6) is 0 Å². The Labute approximate surface area is 111 Å². The van der Waals surface area contributed by atoms with Crippen molar-refractivity contribution in [3.63, 3.8) is 0 Å². The lowest BCUT2D eigenvalue weighted by Gasteiger charge is -2.32. The molecule has 0 bridgehead atoms. The SMILES string of the molecule is CN1CCN(NC(=O)c2ccc(Cl)cc2N)CC1. The second-order valence-corrected chi connectivity index (χ2v) is 4.90. The first kappa shape index (κ1) is 13.1. The highest BCUT2D eigenvalue weighted by Crippen LogP contribution is 2.17. The first-order valence-corrected chi connectivity index (χ1v) is 6.23. The second kappa shape index (κ2) is 5.56. The monoisotopic (exact) mass is 268 g/mol. The maximum absolute atomic E-state index is 12.0. The van der Waals surface area contributed by atoms with E-state index in [1.165, 1.54) is 0 Å². The zero-order valence-electron chi connectivity index (χ0n) is 10.3. The molecule has 1 aliphatic heterocycles. The lowest BCUT2D eigenvalue weighted by atomic mass is 10.2. The third-order valence-corrected chi connectivity index (χ3v) is 3.26. The van der Waals surface area contributed by atoms with Crippen LogP contribution in [0.2, 0.25) is 5.02 Å². The van der Waals surface area contributed by atoms with Gasteiger partial charge in [0.1, 0.15) is 0 Å². The molecular weight excluding hydrogens is 252 g/mol. The van der Waals surface area contributed by atoms with Crippen LogP contribution in [0.15, 0.2) is 18.2 Å². The minimum Gasteiger partial charge on any atom is -0.398 e.